The van der Waals surface area contributed by atoms with Gasteiger partial charge in [-0.15, -0.1) is 0 Å². The zero-order valence-corrected chi connectivity index (χ0v) is 9.13. The van der Waals surface area contributed by atoms with Crippen molar-refractivity contribution in [3.05, 3.63) is 29.3 Å². The predicted octanol–water partition coefficient (Wildman–Crippen LogP) is 2.87. The summed E-state index contributed by atoms with van der Waals surface area (Å²) in [6.07, 6.45) is 1.86. The van der Waals surface area contributed by atoms with Gasteiger partial charge in [0, 0.05) is 18.1 Å². The number of hydrogen-bond acceptors (Lipinski definition) is 2. The fourth-order valence-electron chi connectivity index (χ4n) is 2.06. The summed E-state index contributed by atoms with van der Waals surface area (Å²) >= 11 is 0. The summed E-state index contributed by atoms with van der Waals surface area (Å²) in [5, 5.41) is 0. The quantitative estimate of drug-likeness (QED) is 0.774. The standard InChI is InChI=1S/C12H14F2O2/c1-15-12-9(4-5-10(13)11(12)14)8-3-2-6-16-7-8/h4-5,8H,2-3,6-7H2,1H3. The average Bonchev–Trinajstić information content (AvgIpc) is 2.33. The van der Waals surface area contributed by atoms with Crippen LogP contribution in [-0.4, -0.2) is 20.3 Å². The first kappa shape index (κ1) is 11.3. The highest BCUT2D eigenvalue weighted by atomic mass is 19.2. The summed E-state index contributed by atoms with van der Waals surface area (Å²) in [4.78, 5) is 0. The van der Waals surface area contributed by atoms with E-state index in [0.29, 0.717) is 12.2 Å². The number of ether oxygens (including phenoxy) is 2. The third-order valence-corrected chi connectivity index (χ3v) is 2.88. The topological polar surface area (TPSA) is 18.5 Å². The number of rotatable bonds is 2. The molecular formula is C12H14F2O2. The van der Waals surface area contributed by atoms with Crippen LogP contribution in [0.1, 0.15) is 24.3 Å². The Kier molecular flexibility index (Phi) is 3.39. The van der Waals surface area contributed by atoms with Gasteiger partial charge in [0.1, 0.15) is 0 Å². The molecule has 0 bridgehead atoms. The Balaban J connectivity index is 2.35. The van der Waals surface area contributed by atoms with E-state index in [9.17, 15) is 8.78 Å². The molecule has 1 aliphatic heterocycles. The van der Waals surface area contributed by atoms with Crippen molar-refractivity contribution in [1.82, 2.24) is 0 Å². The van der Waals surface area contributed by atoms with E-state index in [0.717, 1.165) is 25.5 Å². The van der Waals surface area contributed by atoms with Crippen LogP contribution in [0.4, 0.5) is 8.78 Å². The number of benzene rings is 1. The molecule has 0 amide bonds. The van der Waals surface area contributed by atoms with Crippen LogP contribution in [0.2, 0.25) is 0 Å². The van der Waals surface area contributed by atoms with Gasteiger partial charge in [-0.1, -0.05) is 6.07 Å². The van der Waals surface area contributed by atoms with Gasteiger partial charge in [0.05, 0.1) is 13.7 Å². The Morgan fingerprint density at radius 2 is 2.19 bits per heavy atom. The third-order valence-electron chi connectivity index (χ3n) is 2.88. The molecule has 0 radical (unpaired) electrons. The minimum absolute atomic E-state index is 0.00972. The van der Waals surface area contributed by atoms with Gasteiger partial charge in [0.2, 0.25) is 5.82 Å². The normalized spacial score (nSPS) is 20.8. The Morgan fingerprint density at radius 1 is 1.38 bits per heavy atom. The third kappa shape index (κ3) is 2.02. The van der Waals surface area contributed by atoms with Crippen molar-refractivity contribution in [1.29, 1.82) is 0 Å². The Hall–Kier alpha value is -1.16. The summed E-state index contributed by atoms with van der Waals surface area (Å²) in [6, 6.07) is 2.72. The SMILES string of the molecule is COc1c(C2CCCOC2)ccc(F)c1F. The molecule has 88 valence electrons. The highest BCUT2D eigenvalue weighted by Crippen LogP contribution is 2.34. The molecule has 1 saturated heterocycles. The highest BCUT2D eigenvalue weighted by molar-refractivity contribution is 5.38. The molecule has 0 spiro atoms. The minimum Gasteiger partial charge on any atom is -0.493 e. The second-order valence-corrected chi connectivity index (χ2v) is 3.90. The molecule has 0 N–H and O–H groups in total. The van der Waals surface area contributed by atoms with Gasteiger partial charge in [0.15, 0.2) is 11.6 Å². The lowest BCUT2D eigenvalue weighted by atomic mass is 9.92. The lowest BCUT2D eigenvalue weighted by molar-refractivity contribution is 0.0795. The molecule has 2 nitrogen and oxygen atoms in total. The van der Waals surface area contributed by atoms with Crippen LogP contribution in [0.3, 0.4) is 0 Å². The molecule has 1 aromatic carbocycles. The second-order valence-electron chi connectivity index (χ2n) is 3.90. The molecule has 0 aromatic heterocycles. The van der Waals surface area contributed by atoms with Crippen LogP contribution in [-0.2, 0) is 4.74 Å². The maximum Gasteiger partial charge on any atom is 0.200 e. The van der Waals surface area contributed by atoms with Gasteiger partial charge in [0.25, 0.3) is 0 Å². The zero-order chi connectivity index (χ0) is 11.5. The first-order valence-corrected chi connectivity index (χ1v) is 5.33. The van der Waals surface area contributed by atoms with E-state index in [1.54, 1.807) is 6.07 Å². The van der Waals surface area contributed by atoms with E-state index in [4.69, 9.17) is 9.47 Å². The molecule has 1 heterocycles. The molecule has 1 aromatic rings. The van der Waals surface area contributed by atoms with Crippen LogP contribution in [0, 0.1) is 11.6 Å². The summed E-state index contributed by atoms with van der Waals surface area (Å²) < 4.78 is 36.8. The van der Waals surface area contributed by atoms with E-state index in [2.05, 4.69) is 0 Å². The Bertz CT molecular complexity index is 374. The van der Waals surface area contributed by atoms with Crippen LogP contribution in [0.5, 0.6) is 5.75 Å². The van der Waals surface area contributed by atoms with Crippen molar-refractivity contribution >= 4 is 0 Å². The van der Waals surface area contributed by atoms with Crippen molar-refractivity contribution < 1.29 is 18.3 Å². The van der Waals surface area contributed by atoms with Gasteiger partial charge >= 0.3 is 0 Å². The van der Waals surface area contributed by atoms with Crippen molar-refractivity contribution in [2.75, 3.05) is 20.3 Å². The van der Waals surface area contributed by atoms with Crippen LogP contribution < -0.4 is 4.74 Å². The van der Waals surface area contributed by atoms with E-state index >= 15 is 0 Å². The summed E-state index contributed by atoms with van der Waals surface area (Å²) in [5.74, 6) is -1.68. The molecule has 1 aliphatic rings. The van der Waals surface area contributed by atoms with Crippen LogP contribution in [0.15, 0.2) is 12.1 Å². The van der Waals surface area contributed by atoms with E-state index in [1.807, 2.05) is 0 Å². The molecule has 0 aliphatic carbocycles. The van der Waals surface area contributed by atoms with E-state index in [-0.39, 0.29) is 11.7 Å². The first-order chi connectivity index (χ1) is 7.74. The Morgan fingerprint density at radius 3 is 2.81 bits per heavy atom. The van der Waals surface area contributed by atoms with Crippen LogP contribution in [0.25, 0.3) is 0 Å². The average molecular weight is 228 g/mol. The smallest absolute Gasteiger partial charge is 0.200 e. The molecule has 0 saturated carbocycles. The predicted molar refractivity (Wildman–Crippen MR) is 55.7 cm³/mol. The number of methoxy groups -OCH3 is 1. The molecule has 1 atom stereocenters. The van der Waals surface area contributed by atoms with Crippen molar-refractivity contribution in [2.24, 2.45) is 0 Å². The summed E-state index contributed by atoms with van der Waals surface area (Å²) in [6.45, 7) is 1.28. The summed E-state index contributed by atoms with van der Waals surface area (Å²) in [5.41, 5.74) is 0.695. The maximum atomic E-state index is 13.5. The molecular weight excluding hydrogens is 214 g/mol. The monoisotopic (exact) mass is 228 g/mol. The van der Waals surface area contributed by atoms with Crippen molar-refractivity contribution in [3.63, 3.8) is 0 Å². The lowest BCUT2D eigenvalue weighted by Crippen LogP contribution is -2.16. The largest absolute Gasteiger partial charge is 0.493 e. The number of halogens is 2. The molecule has 4 heteroatoms. The minimum atomic E-state index is -0.912. The second kappa shape index (κ2) is 4.78. The van der Waals surface area contributed by atoms with Gasteiger partial charge in [-0.2, -0.15) is 4.39 Å². The first-order valence-electron chi connectivity index (χ1n) is 5.33. The maximum absolute atomic E-state index is 13.5. The van der Waals surface area contributed by atoms with Crippen LogP contribution >= 0.6 is 0 Å². The fraction of sp³-hybridized carbons (Fsp3) is 0.500. The molecule has 16 heavy (non-hydrogen) atoms. The van der Waals surface area contributed by atoms with Gasteiger partial charge in [-0.3, -0.25) is 0 Å². The van der Waals surface area contributed by atoms with E-state index in [1.165, 1.54) is 7.11 Å². The molecule has 2 rings (SSSR count). The summed E-state index contributed by atoms with van der Waals surface area (Å²) in [7, 11) is 1.35. The van der Waals surface area contributed by atoms with Gasteiger partial charge < -0.3 is 9.47 Å². The molecule has 1 unspecified atom stereocenters. The van der Waals surface area contributed by atoms with Crippen molar-refractivity contribution in [2.45, 2.75) is 18.8 Å². The fourth-order valence-corrected chi connectivity index (χ4v) is 2.06. The molecule has 1 fully saturated rings. The number of hydrogen-bond donors (Lipinski definition) is 0. The van der Waals surface area contributed by atoms with Gasteiger partial charge in [-0.05, 0) is 18.9 Å². The van der Waals surface area contributed by atoms with E-state index < -0.39 is 11.6 Å². The Labute approximate surface area is 93.2 Å². The van der Waals surface area contributed by atoms with Gasteiger partial charge in [-0.25, -0.2) is 4.39 Å². The van der Waals surface area contributed by atoms with Crippen molar-refractivity contribution in [3.8, 4) is 5.75 Å². The highest BCUT2D eigenvalue weighted by Gasteiger charge is 2.23. The zero-order valence-electron chi connectivity index (χ0n) is 9.13. The lowest BCUT2D eigenvalue weighted by Gasteiger charge is -2.24.